The number of halogens is 2. The molecule has 0 saturated heterocycles. The highest BCUT2D eigenvalue weighted by atomic mass is 19.3. The maximum atomic E-state index is 13.1. The van der Waals surface area contributed by atoms with Crippen LogP contribution in [0.15, 0.2) is 0 Å². The summed E-state index contributed by atoms with van der Waals surface area (Å²) in [4.78, 5) is 3.68. The molecule has 74 valence electrons. The van der Waals surface area contributed by atoms with Crippen LogP contribution < -0.4 is 5.73 Å². The second-order valence-electron chi connectivity index (χ2n) is 3.56. The number of aromatic nitrogens is 3. The summed E-state index contributed by atoms with van der Waals surface area (Å²) in [6, 6.07) is 0. The van der Waals surface area contributed by atoms with Crippen LogP contribution >= 0.6 is 0 Å². The fraction of sp³-hybridized carbons (Fsp3) is 0.714. The van der Waals surface area contributed by atoms with E-state index in [4.69, 9.17) is 5.73 Å². The van der Waals surface area contributed by atoms with Crippen LogP contribution in [0.3, 0.4) is 0 Å². The van der Waals surface area contributed by atoms with Crippen molar-refractivity contribution in [2.45, 2.75) is 32.1 Å². The molecule has 1 heterocycles. The van der Waals surface area contributed by atoms with Gasteiger partial charge in [-0.1, -0.05) is 0 Å². The quantitative estimate of drug-likeness (QED) is 0.739. The molecule has 1 aromatic heterocycles. The summed E-state index contributed by atoms with van der Waals surface area (Å²) in [7, 11) is 0. The largest absolute Gasteiger partial charge is 0.367 e. The summed E-state index contributed by atoms with van der Waals surface area (Å²) in [5.74, 6) is -2.80. The van der Waals surface area contributed by atoms with E-state index in [-0.39, 0.29) is 11.8 Å². The topological polar surface area (TPSA) is 67.6 Å². The molecular formula is C7H12F2N4. The normalized spacial score (nSPS) is 13.3. The van der Waals surface area contributed by atoms with Gasteiger partial charge in [0.1, 0.15) is 5.82 Å². The number of anilines is 1. The maximum absolute atomic E-state index is 13.1. The lowest BCUT2D eigenvalue weighted by Crippen LogP contribution is -2.38. The van der Waals surface area contributed by atoms with Gasteiger partial charge in [-0.15, -0.1) is 5.10 Å². The van der Waals surface area contributed by atoms with E-state index in [0.29, 0.717) is 0 Å². The molecule has 6 heteroatoms. The molecule has 1 aromatic rings. The third-order valence-electron chi connectivity index (χ3n) is 2.19. The van der Waals surface area contributed by atoms with Gasteiger partial charge in [-0.05, 0) is 13.8 Å². The van der Waals surface area contributed by atoms with E-state index in [2.05, 4.69) is 15.2 Å². The summed E-state index contributed by atoms with van der Waals surface area (Å²) in [6.07, 6.45) is 0. The first kappa shape index (κ1) is 9.88. The number of nitrogens with one attached hydrogen (secondary N) is 1. The molecule has 0 aliphatic heterocycles. The fourth-order valence-electron chi connectivity index (χ4n) is 0.762. The number of alkyl halides is 2. The smallest absolute Gasteiger partial charge is 0.257 e. The van der Waals surface area contributed by atoms with Gasteiger partial charge in [-0.2, -0.15) is 4.98 Å². The van der Waals surface area contributed by atoms with Gasteiger partial charge in [0.25, 0.3) is 5.92 Å². The highest BCUT2D eigenvalue weighted by Gasteiger charge is 2.45. The Labute approximate surface area is 74.5 Å². The molecule has 0 saturated carbocycles. The molecule has 0 aromatic carbocycles. The van der Waals surface area contributed by atoms with Crippen LogP contribution in [0.2, 0.25) is 0 Å². The van der Waals surface area contributed by atoms with Gasteiger partial charge in [0, 0.05) is 6.92 Å². The molecule has 0 aliphatic carbocycles. The van der Waals surface area contributed by atoms with Crippen LogP contribution in [0.1, 0.15) is 26.6 Å². The zero-order chi connectivity index (χ0) is 10.3. The fourth-order valence-corrected chi connectivity index (χ4v) is 0.762. The molecule has 0 atom stereocenters. The number of hydrogen-bond donors (Lipinski definition) is 2. The first-order valence-electron chi connectivity index (χ1n) is 3.81. The first-order chi connectivity index (χ1) is 5.75. The van der Waals surface area contributed by atoms with Gasteiger partial charge in [0.15, 0.2) is 0 Å². The molecule has 0 bridgehead atoms. The van der Waals surface area contributed by atoms with Gasteiger partial charge in [-0.3, -0.25) is 5.10 Å². The second kappa shape index (κ2) is 2.65. The van der Waals surface area contributed by atoms with Crippen molar-refractivity contribution in [1.82, 2.24) is 15.2 Å². The molecule has 0 aliphatic rings. The number of nitrogens with zero attached hydrogens (tertiary/aromatic N) is 2. The van der Waals surface area contributed by atoms with E-state index in [1.165, 1.54) is 13.8 Å². The summed E-state index contributed by atoms with van der Waals surface area (Å²) in [5, 5.41) is 5.89. The Morgan fingerprint density at radius 3 is 2.15 bits per heavy atom. The van der Waals surface area contributed by atoms with Crippen molar-refractivity contribution in [3.05, 3.63) is 5.82 Å². The van der Waals surface area contributed by atoms with Gasteiger partial charge in [0.2, 0.25) is 5.95 Å². The number of H-pyrrole nitrogens is 1. The van der Waals surface area contributed by atoms with Crippen LogP contribution in [0.5, 0.6) is 0 Å². The Hall–Kier alpha value is -1.20. The zero-order valence-corrected chi connectivity index (χ0v) is 7.73. The molecule has 13 heavy (non-hydrogen) atoms. The number of nitrogens with two attached hydrogens (primary N) is 1. The lowest BCUT2D eigenvalue weighted by atomic mass is 9.86. The van der Waals surface area contributed by atoms with E-state index in [1.54, 1.807) is 0 Å². The van der Waals surface area contributed by atoms with Crippen LogP contribution in [0.25, 0.3) is 0 Å². The zero-order valence-electron chi connectivity index (χ0n) is 7.73. The summed E-state index contributed by atoms with van der Waals surface area (Å²) in [6.45, 7) is 3.60. The Bertz CT molecular complexity index is 300. The van der Waals surface area contributed by atoms with E-state index in [9.17, 15) is 8.78 Å². The standard InChI is InChI=1S/C7H12F2N4/c1-6(2,7(3,8)9)4-11-5(10)13-12-4/h1-3H3,(H3,10,11,12,13). The molecule has 0 radical (unpaired) electrons. The van der Waals surface area contributed by atoms with Gasteiger partial charge >= 0.3 is 0 Å². The number of hydrogen-bond acceptors (Lipinski definition) is 3. The van der Waals surface area contributed by atoms with E-state index in [1.807, 2.05) is 0 Å². The van der Waals surface area contributed by atoms with Crippen molar-refractivity contribution in [3.8, 4) is 0 Å². The van der Waals surface area contributed by atoms with Crippen molar-refractivity contribution in [2.24, 2.45) is 0 Å². The average Bonchev–Trinajstić information content (AvgIpc) is 2.33. The van der Waals surface area contributed by atoms with Crippen molar-refractivity contribution < 1.29 is 8.78 Å². The summed E-state index contributed by atoms with van der Waals surface area (Å²) in [5.41, 5.74) is 3.83. The Morgan fingerprint density at radius 1 is 1.31 bits per heavy atom. The lowest BCUT2D eigenvalue weighted by molar-refractivity contribution is -0.0500. The minimum Gasteiger partial charge on any atom is -0.367 e. The molecule has 0 spiro atoms. The monoisotopic (exact) mass is 190 g/mol. The van der Waals surface area contributed by atoms with Crippen LogP contribution in [0, 0.1) is 0 Å². The molecule has 3 N–H and O–H groups in total. The highest BCUT2D eigenvalue weighted by molar-refractivity contribution is 5.18. The minimum absolute atomic E-state index is 0.0210. The highest BCUT2D eigenvalue weighted by Crippen LogP contribution is 2.36. The van der Waals surface area contributed by atoms with E-state index >= 15 is 0 Å². The third kappa shape index (κ3) is 1.61. The number of rotatable bonds is 2. The Kier molecular flexibility index (Phi) is 2.01. The minimum atomic E-state index is -2.88. The average molecular weight is 190 g/mol. The molecule has 0 amide bonds. The van der Waals surface area contributed by atoms with Crippen LogP contribution in [-0.2, 0) is 5.41 Å². The van der Waals surface area contributed by atoms with Crippen LogP contribution in [0.4, 0.5) is 14.7 Å². The first-order valence-corrected chi connectivity index (χ1v) is 3.81. The summed E-state index contributed by atoms with van der Waals surface area (Å²) >= 11 is 0. The van der Waals surface area contributed by atoms with Gasteiger partial charge < -0.3 is 5.73 Å². The van der Waals surface area contributed by atoms with Crippen molar-refractivity contribution >= 4 is 5.95 Å². The molecule has 4 nitrogen and oxygen atoms in total. The van der Waals surface area contributed by atoms with Gasteiger partial charge in [-0.25, -0.2) is 8.78 Å². The molecular weight excluding hydrogens is 178 g/mol. The number of nitrogen functional groups attached to an aromatic ring is 1. The Morgan fingerprint density at radius 2 is 1.85 bits per heavy atom. The lowest BCUT2D eigenvalue weighted by Gasteiger charge is -2.28. The predicted molar refractivity (Wildman–Crippen MR) is 44.4 cm³/mol. The van der Waals surface area contributed by atoms with E-state index < -0.39 is 11.3 Å². The van der Waals surface area contributed by atoms with Crippen molar-refractivity contribution in [3.63, 3.8) is 0 Å². The SMILES string of the molecule is CC(F)(F)C(C)(C)c1nc(N)n[nH]1. The Balaban J connectivity index is 3.07. The maximum Gasteiger partial charge on any atom is 0.257 e. The number of aromatic amines is 1. The molecule has 0 fully saturated rings. The van der Waals surface area contributed by atoms with Gasteiger partial charge in [0.05, 0.1) is 5.41 Å². The van der Waals surface area contributed by atoms with Crippen molar-refractivity contribution in [1.29, 1.82) is 0 Å². The van der Waals surface area contributed by atoms with Crippen molar-refractivity contribution in [2.75, 3.05) is 5.73 Å². The molecule has 1 rings (SSSR count). The molecule has 0 unspecified atom stereocenters. The predicted octanol–water partition coefficient (Wildman–Crippen LogP) is 1.32. The van der Waals surface area contributed by atoms with Crippen LogP contribution in [-0.4, -0.2) is 21.1 Å². The summed E-state index contributed by atoms with van der Waals surface area (Å²) < 4.78 is 26.1. The van der Waals surface area contributed by atoms with E-state index in [0.717, 1.165) is 6.92 Å². The third-order valence-corrected chi connectivity index (χ3v) is 2.19. The second-order valence-corrected chi connectivity index (χ2v) is 3.56.